The minimum Gasteiger partial charge on any atom is -0.388 e. The number of amides is 4. The van der Waals surface area contributed by atoms with E-state index in [4.69, 9.17) is 0 Å². The number of nitrogens with zero attached hydrogens (tertiary/aromatic N) is 4. The second-order valence-corrected chi connectivity index (χ2v) is 12.4. The van der Waals surface area contributed by atoms with Gasteiger partial charge in [0.1, 0.15) is 6.04 Å². The molecule has 0 aromatic heterocycles. The van der Waals surface area contributed by atoms with Gasteiger partial charge in [0.2, 0.25) is 0 Å². The Morgan fingerprint density at radius 1 is 1.12 bits per heavy atom. The molecule has 3 N–H and O–H groups in total. The Morgan fingerprint density at radius 3 is 2.31 bits per heavy atom. The standard InChI is InChI=1S/C27H26F3N5O6S/c1-14-19(10-31)24(18-7-6-15(20-11-32-20)8-23(18)42(2,40)41)35(25(38)33-12-21(36)22(37)13-33)26(39)34(14)17-5-3-4-16(9-17)27(28,29)30/h3-9,20-22,24,32,36-37H,11-13H2,1-2H3/t20-,21-,22-,24+/m0/s1. The second kappa shape index (κ2) is 10.4. The Bertz CT molecular complexity index is 1640. The average molecular weight is 606 g/mol. The van der Waals surface area contributed by atoms with Crippen molar-refractivity contribution in [1.29, 1.82) is 5.26 Å². The highest BCUT2D eigenvalue weighted by molar-refractivity contribution is 7.90. The van der Waals surface area contributed by atoms with E-state index in [1.807, 2.05) is 6.07 Å². The number of hydrogen-bond donors (Lipinski definition) is 3. The first-order valence-corrected chi connectivity index (χ1v) is 14.7. The molecule has 0 radical (unpaired) electrons. The van der Waals surface area contributed by atoms with Crippen LogP contribution in [-0.2, 0) is 16.0 Å². The smallest absolute Gasteiger partial charge is 0.388 e. The molecule has 0 aliphatic carbocycles. The van der Waals surface area contributed by atoms with Crippen molar-refractivity contribution in [2.45, 2.75) is 42.3 Å². The van der Waals surface area contributed by atoms with Gasteiger partial charge in [0, 0.05) is 24.5 Å². The predicted molar refractivity (Wildman–Crippen MR) is 141 cm³/mol. The largest absolute Gasteiger partial charge is 0.416 e. The van der Waals surface area contributed by atoms with Crippen molar-refractivity contribution >= 4 is 27.6 Å². The van der Waals surface area contributed by atoms with Crippen molar-refractivity contribution in [3.63, 3.8) is 0 Å². The maximum Gasteiger partial charge on any atom is 0.416 e. The highest BCUT2D eigenvalue weighted by Gasteiger charge is 2.48. The van der Waals surface area contributed by atoms with E-state index in [0.717, 1.165) is 28.2 Å². The first-order valence-electron chi connectivity index (χ1n) is 12.8. The minimum absolute atomic E-state index is 0.0662. The summed E-state index contributed by atoms with van der Waals surface area (Å²) in [6, 6.07) is 6.21. The molecule has 222 valence electrons. The van der Waals surface area contributed by atoms with Crippen molar-refractivity contribution in [3.05, 3.63) is 70.4 Å². The molecule has 4 atom stereocenters. The van der Waals surface area contributed by atoms with Gasteiger partial charge in [0.15, 0.2) is 9.84 Å². The van der Waals surface area contributed by atoms with E-state index < -0.39 is 51.9 Å². The van der Waals surface area contributed by atoms with Crippen LogP contribution in [0, 0.1) is 11.3 Å². The van der Waals surface area contributed by atoms with Gasteiger partial charge in [-0.15, -0.1) is 0 Å². The summed E-state index contributed by atoms with van der Waals surface area (Å²) >= 11 is 0. The van der Waals surface area contributed by atoms with Crippen LogP contribution in [0.4, 0.5) is 28.4 Å². The highest BCUT2D eigenvalue weighted by atomic mass is 32.2. The summed E-state index contributed by atoms with van der Waals surface area (Å²) in [5, 5.41) is 33.5. The molecule has 2 saturated heterocycles. The number of benzene rings is 2. The number of alkyl halides is 3. The van der Waals surface area contributed by atoms with Gasteiger partial charge in [0.25, 0.3) is 0 Å². The first kappa shape index (κ1) is 29.5. The number of sulfone groups is 1. The molecule has 2 fully saturated rings. The van der Waals surface area contributed by atoms with Crippen LogP contribution in [0.1, 0.15) is 35.7 Å². The molecule has 0 saturated carbocycles. The van der Waals surface area contributed by atoms with Crippen LogP contribution in [0.15, 0.2) is 58.6 Å². The number of carbonyl (C=O) groups excluding carboxylic acids is 2. The quantitative estimate of drug-likeness (QED) is 0.448. The molecular formula is C27H26F3N5O6S. The number of nitrogens with one attached hydrogen (secondary N) is 1. The molecule has 15 heteroatoms. The fourth-order valence-corrected chi connectivity index (χ4v) is 6.21. The monoisotopic (exact) mass is 605 g/mol. The molecule has 3 heterocycles. The Morgan fingerprint density at radius 2 is 1.76 bits per heavy atom. The third-order valence-corrected chi connectivity index (χ3v) is 8.64. The fraction of sp³-hybridized carbons (Fsp3) is 0.370. The van der Waals surface area contributed by atoms with Crippen molar-refractivity contribution < 1.29 is 41.4 Å². The molecule has 3 aliphatic rings. The number of nitriles is 1. The van der Waals surface area contributed by atoms with Crippen LogP contribution in [-0.4, -0.2) is 78.6 Å². The number of rotatable bonds is 4. The Hall–Kier alpha value is -3.97. The zero-order valence-electron chi connectivity index (χ0n) is 22.3. The van der Waals surface area contributed by atoms with Crippen LogP contribution in [0.3, 0.4) is 0 Å². The van der Waals surface area contributed by atoms with Gasteiger partial charge in [-0.25, -0.2) is 22.9 Å². The summed E-state index contributed by atoms with van der Waals surface area (Å²) in [7, 11) is -3.99. The van der Waals surface area contributed by atoms with Crippen LogP contribution in [0.2, 0.25) is 0 Å². The van der Waals surface area contributed by atoms with Gasteiger partial charge in [-0.1, -0.05) is 18.2 Å². The van der Waals surface area contributed by atoms with Crippen LogP contribution >= 0.6 is 0 Å². The molecule has 42 heavy (non-hydrogen) atoms. The van der Waals surface area contributed by atoms with Gasteiger partial charge in [-0.05, 0) is 42.3 Å². The van der Waals surface area contributed by atoms with E-state index in [9.17, 15) is 46.7 Å². The van der Waals surface area contributed by atoms with E-state index in [0.29, 0.717) is 23.1 Å². The van der Waals surface area contributed by atoms with Crippen molar-refractivity contribution in [3.8, 4) is 6.07 Å². The number of halogens is 3. The summed E-state index contributed by atoms with van der Waals surface area (Å²) in [4.78, 5) is 30.2. The number of imide groups is 1. The lowest BCUT2D eigenvalue weighted by Gasteiger charge is -2.42. The predicted octanol–water partition coefficient (Wildman–Crippen LogP) is 2.69. The van der Waals surface area contributed by atoms with E-state index in [1.54, 1.807) is 6.07 Å². The first-order chi connectivity index (χ1) is 19.6. The number of allylic oxidation sites excluding steroid dienone is 1. The topological polar surface area (TPSA) is 164 Å². The molecule has 2 aromatic rings. The van der Waals surface area contributed by atoms with Crippen LogP contribution in [0.25, 0.3) is 0 Å². The van der Waals surface area contributed by atoms with Crippen molar-refractivity contribution in [1.82, 2.24) is 15.1 Å². The van der Waals surface area contributed by atoms with E-state index in [-0.39, 0.29) is 46.5 Å². The zero-order chi connectivity index (χ0) is 30.7. The lowest BCUT2D eigenvalue weighted by molar-refractivity contribution is -0.137. The number of urea groups is 2. The van der Waals surface area contributed by atoms with Gasteiger partial charge < -0.3 is 20.4 Å². The van der Waals surface area contributed by atoms with Gasteiger partial charge >= 0.3 is 18.2 Å². The van der Waals surface area contributed by atoms with Crippen molar-refractivity contribution in [2.75, 3.05) is 30.8 Å². The highest BCUT2D eigenvalue weighted by Crippen LogP contribution is 2.43. The molecule has 2 aromatic carbocycles. The third-order valence-electron chi connectivity index (χ3n) is 7.48. The summed E-state index contributed by atoms with van der Waals surface area (Å²) in [6.07, 6.45) is -6.49. The Labute approximate surface area is 239 Å². The van der Waals surface area contributed by atoms with E-state index in [2.05, 4.69) is 5.32 Å². The van der Waals surface area contributed by atoms with E-state index in [1.165, 1.54) is 25.1 Å². The molecule has 0 spiro atoms. The SMILES string of the molecule is CC1=C(C#N)[C@@H](c2ccc([C@@H]3CN3)cc2S(C)(=O)=O)N(C(=O)N2C[C@H](O)[C@@H](O)C2)C(=O)N1c1cccc(C(F)(F)F)c1. The van der Waals surface area contributed by atoms with Crippen LogP contribution < -0.4 is 10.2 Å². The number of likely N-dealkylation sites (tertiary alicyclic amines) is 1. The zero-order valence-corrected chi connectivity index (χ0v) is 23.1. The lowest BCUT2D eigenvalue weighted by atomic mass is 9.92. The average Bonchev–Trinajstić information content (AvgIpc) is 3.71. The third kappa shape index (κ3) is 5.22. The number of β-amino-alcohol motifs (C(OH)–C–C–N with tert-alkyl or cyclic N) is 2. The fourth-order valence-electron chi connectivity index (χ4n) is 5.25. The number of anilines is 1. The molecule has 4 amide bonds. The number of aliphatic hydroxyl groups excluding tert-OH is 2. The van der Waals surface area contributed by atoms with Gasteiger partial charge in [0.05, 0.1) is 53.1 Å². The van der Waals surface area contributed by atoms with Crippen LogP contribution in [0.5, 0.6) is 0 Å². The van der Waals surface area contributed by atoms with Crippen molar-refractivity contribution in [2.24, 2.45) is 0 Å². The summed E-state index contributed by atoms with van der Waals surface area (Å²) in [5.41, 5.74) is -1.16. The number of carbonyl (C=O) groups is 2. The maximum absolute atomic E-state index is 14.1. The summed E-state index contributed by atoms with van der Waals surface area (Å²) in [6.45, 7) is 1.17. The summed E-state index contributed by atoms with van der Waals surface area (Å²) in [5.74, 6) is 0. The normalized spacial score (nSPS) is 24.7. The second-order valence-electron chi connectivity index (χ2n) is 10.4. The molecule has 0 unspecified atom stereocenters. The molecular weight excluding hydrogens is 579 g/mol. The van der Waals surface area contributed by atoms with E-state index >= 15 is 0 Å². The minimum atomic E-state index is -4.76. The Kier molecular flexibility index (Phi) is 7.30. The molecule has 11 nitrogen and oxygen atoms in total. The summed E-state index contributed by atoms with van der Waals surface area (Å²) < 4.78 is 66.6. The number of aliphatic hydroxyl groups is 2. The maximum atomic E-state index is 14.1. The Balaban J connectivity index is 1.74. The number of hydrogen-bond acceptors (Lipinski definition) is 8. The van der Waals surface area contributed by atoms with Gasteiger partial charge in [-0.2, -0.15) is 18.4 Å². The lowest BCUT2D eigenvalue weighted by Crippen LogP contribution is -2.56. The molecule has 5 rings (SSSR count). The van der Waals surface area contributed by atoms with Gasteiger partial charge in [-0.3, -0.25) is 4.90 Å². The molecule has 3 aliphatic heterocycles. The molecule has 0 bridgehead atoms.